The molecule has 2 aliphatic rings. The van der Waals surface area contributed by atoms with Gasteiger partial charge in [0, 0.05) is 4.75 Å². The number of nitrogens with two attached hydrogens (primary N) is 1. The third-order valence-corrected chi connectivity index (χ3v) is 6.08. The summed E-state index contributed by atoms with van der Waals surface area (Å²) in [7, 11) is 0. The van der Waals surface area contributed by atoms with E-state index >= 15 is 0 Å². The molecule has 1 aromatic rings. The summed E-state index contributed by atoms with van der Waals surface area (Å²) in [5.74, 6) is -1.94. The lowest BCUT2D eigenvalue weighted by molar-refractivity contribution is -0.161. The number of thioether (sulfide) groups is 1. The molecule has 2 saturated heterocycles. The average Bonchev–Trinajstić information content (AvgIpc) is 2.80. The first kappa shape index (κ1) is 20.3. The van der Waals surface area contributed by atoms with Crippen LogP contribution in [0.25, 0.3) is 0 Å². The van der Waals surface area contributed by atoms with E-state index in [0.717, 1.165) is 0 Å². The maximum absolute atomic E-state index is 12.3. The average molecular weight is 402 g/mol. The lowest BCUT2D eigenvalue weighted by Gasteiger charge is -2.43. The minimum atomic E-state index is -1.06. The molecule has 1 aromatic carbocycles. The summed E-state index contributed by atoms with van der Waals surface area (Å²) in [6.07, 6.45) is 0. The molecular weight excluding hydrogens is 382 g/mol. The van der Waals surface area contributed by atoms with E-state index in [2.05, 4.69) is 5.32 Å². The van der Waals surface area contributed by atoms with E-state index in [4.69, 9.17) is 5.73 Å². The van der Waals surface area contributed by atoms with Gasteiger partial charge in [0.05, 0.1) is 0 Å². The minimum Gasteiger partial charge on any atom is -0.508 e. The van der Waals surface area contributed by atoms with Crippen molar-refractivity contribution in [3.05, 3.63) is 29.8 Å². The Hall–Kier alpha value is -1.97. The van der Waals surface area contributed by atoms with Crippen LogP contribution in [0.3, 0.4) is 0 Å². The number of β-lactam (4-membered cyclic amide) rings is 1. The van der Waals surface area contributed by atoms with Crippen LogP contribution in [0.5, 0.6) is 5.75 Å². The normalized spacial score (nSPS) is 27.0. The predicted molar refractivity (Wildman–Crippen MR) is 97.9 cm³/mol. The number of carboxylic acid groups (broad SMARTS) is 1. The Balaban J connectivity index is 0.00000243. The second-order valence-electron chi connectivity index (χ2n) is 6.65. The number of nitrogens with zero attached hydrogens (tertiary/aromatic N) is 1. The Morgan fingerprint density at radius 2 is 1.88 bits per heavy atom. The molecule has 2 aliphatic heterocycles. The van der Waals surface area contributed by atoms with Gasteiger partial charge in [0.15, 0.2) is 0 Å². The van der Waals surface area contributed by atoms with Crippen molar-refractivity contribution in [2.75, 3.05) is 0 Å². The topological polar surface area (TPSA) is 133 Å². The highest BCUT2D eigenvalue weighted by atomic mass is 35.5. The first-order chi connectivity index (χ1) is 11.6. The van der Waals surface area contributed by atoms with Gasteiger partial charge in [-0.25, -0.2) is 4.79 Å². The van der Waals surface area contributed by atoms with Gasteiger partial charge in [0.2, 0.25) is 11.8 Å². The summed E-state index contributed by atoms with van der Waals surface area (Å²) in [6, 6.07) is 3.21. The molecule has 26 heavy (non-hydrogen) atoms. The van der Waals surface area contributed by atoms with E-state index in [-0.39, 0.29) is 18.2 Å². The fraction of sp³-hybridized carbons (Fsp3) is 0.438. The fourth-order valence-electron chi connectivity index (χ4n) is 3.22. The molecule has 1 unspecified atom stereocenters. The number of phenolic OH excluding ortho intramolecular Hbond substituents is 1. The van der Waals surface area contributed by atoms with Crippen molar-refractivity contribution < 1.29 is 24.6 Å². The highest BCUT2D eigenvalue weighted by Crippen LogP contribution is 2.50. The minimum absolute atomic E-state index is 0. The zero-order valence-electron chi connectivity index (χ0n) is 14.1. The van der Waals surface area contributed by atoms with Gasteiger partial charge in [-0.2, -0.15) is 0 Å². The molecule has 0 spiro atoms. The SMILES string of the molecule is CC1(C)S[C@@H]2[C@H](NC(=O)C(N)c3ccc(O)cc3)C(=O)N2[C@H]1C(=O)O.Cl. The van der Waals surface area contributed by atoms with Gasteiger partial charge >= 0.3 is 5.97 Å². The van der Waals surface area contributed by atoms with Gasteiger partial charge in [-0.15, -0.1) is 24.2 Å². The van der Waals surface area contributed by atoms with E-state index in [1.165, 1.54) is 40.9 Å². The summed E-state index contributed by atoms with van der Waals surface area (Å²) in [5.41, 5.74) is 6.41. The zero-order chi connectivity index (χ0) is 18.5. The van der Waals surface area contributed by atoms with Crippen molar-refractivity contribution in [2.24, 2.45) is 5.73 Å². The molecule has 0 bridgehead atoms. The third-order valence-electron chi connectivity index (χ3n) is 4.51. The Bertz CT molecular complexity index is 742. The number of aromatic hydroxyl groups is 1. The molecule has 10 heteroatoms. The van der Waals surface area contributed by atoms with Crippen LogP contribution in [0.15, 0.2) is 24.3 Å². The smallest absolute Gasteiger partial charge is 0.327 e. The molecule has 2 heterocycles. The van der Waals surface area contributed by atoms with Gasteiger partial charge in [0.25, 0.3) is 0 Å². The zero-order valence-corrected chi connectivity index (χ0v) is 15.7. The van der Waals surface area contributed by atoms with Gasteiger partial charge < -0.3 is 26.2 Å². The Labute approximate surface area is 160 Å². The number of nitrogens with one attached hydrogen (secondary N) is 1. The number of halogens is 1. The first-order valence-corrected chi connectivity index (χ1v) is 8.59. The number of amides is 2. The fourth-order valence-corrected chi connectivity index (χ4v) is 4.85. The van der Waals surface area contributed by atoms with Crippen molar-refractivity contribution in [1.29, 1.82) is 0 Å². The van der Waals surface area contributed by atoms with Gasteiger partial charge in [-0.3, -0.25) is 9.59 Å². The van der Waals surface area contributed by atoms with Crippen LogP contribution in [-0.4, -0.2) is 55.1 Å². The van der Waals surface area contributed by atoms with Crippen molar-refractivity contribution in [3.8, 4) is 5.75 Å². The molecule has 0 saturated carbocycles. The summed E-state index contributed by atoms with van der Waals surface area (Å²) < 4.78 is -0.648. The number of carboxylic acids is 1. The summed E-state index contributed by atoms with van der Waals surface area (Å²) in [5, 5.41) is 20.9. The summed E-state index contributed by atoms with van der Waals surface area (Å²) >= 11 is 1.35. The second kappa shape index (κ2) is 6.98. The van der Waals surface area contributed by atoms with Crippen molar-refractivity contribution >= 4 is 42.0 Å². The van der Waals surface area contributed by atoms with Crippen LogP contribution in [-0.2, 0) is 14.4 Å². The number of carbonyl (C=O) groups is 3. The maximum atomic E-state index is 12.3. The molecule has 0 radical (unpaired) electrons. The summed E-state index contributed by atoms with van der Waals surface area (Å²) in [6.45, 7) is 3.53. The molecule has 4 atom stereocenters. The number of phenols is 1. The van der Waals surface area contributed by atoms with Crippen molar-refractivity contribution in [2.45, 2.75) is 42.1 Å². The molecule has 3 rings (SSSR count). The molecule has 5 N–H and O–H groups in total. The highest BCUT2D eigenvalue weighted by Gasteiger charge is 2.64. The Kier molecular flexibility index (Phi) is 5.46. The number of hydrogen-bond donors (Lipinski definition) is 4. The molecule has 2 amide bonds. The van der Waals surface area contributed by atoms with Gasteiger partial charge in [-0.05, 0) is 31.5 Å². The Morgan fingerprint density at radius 1 is 1.31 bits per heavy atom. The number of aliphatic carboxylic acids is 1. The second-order valence-corrected chi connectivity index (χ2v) is 8.42. The van der Waals surface area contributed by atoms with Crippen LogP contribution >= 0.6 is 24.2 Å². The van der Waals surface area contributed by atoms with Crippen molar-refractivity contribution in [3.63, 3.8) is 0 Å². The number of carbonyl (C=O) groups excluding carboxylic acids is 2. The molecule has 142 valence electrons. The monoisotopic (exact) mass is 401 g/mol. The number of hydrogen-bond acceptors (Lipinski definition) is 6. The van der Waals surface area contributed by atoms with E-state index in [0.29, 0.717) is 5.56 Å². The van der Waals surface area contributed by atoms with Crippen LogP contribution in [0, 0.1) is 0 Å². The lowest BCUT2D eigenvalue weighted by Crippen LogP contribution is -2.71. The standard InChI is InChI=1S/C16H19N3O5S.ClH/c1-16(2)11(15(23)24)19-13(22)10(14(19)25-16)18-12(21)9(17)7-3-5-8(20)6-4-7;/h3-6,9-11,14,20H,17H2,1-2H3,(H,18,21)(H,23,24);1H/t9?,10-,11+,14-;/m1./s1. The first-order valence-electron chi connectivity index (χ1n) is 7.71. The lowest BCUT2D eigenvalue weighted by atomic mass is 9.95. The van der Waals surface area contributed by atoms with Crippen LogP contribution in [0.4, 0.5) is 0 Å². The molecule has 0 aromatic heterocycles. The highest BCUT2D eigenvalue weighted by molar-refractivity contribution is 8.01. The van der Waals surface area contributed by atoms with E-state index in [9.17, 15) is 24.6 Å². The van der Waals surface area contributed by atoms with E-state index in [1.807, 2.05) is 0 Å². The Morgan fingerprint density at radius 3 is 2.42 bits per heavy atom. The number of rotatable bonds is 4. The number of fused-ring (bicyclic) bond motifs is 1. The largest absolute Gasteiger partial charge is 0.508 e. The van der Waals surface area contributed by atoms with E-state index < -0.39 is 46.0 Å². The number of benzene rings is 1. The van der Waals surface area contributed by atoms with Gasteiger partial charge in [0.1, 0.15) is 29.2 Å². The maximum Gasteiger partial charge on any atom is 0.327 e. The summed E-state index contributed by atoms with van der Waals surface area (Å²) in [4.78, 5) is 37.5. The van der Waals surface area contributed by atoms with Crippen LogP contribution in [0.2, 0.25) is 0 Å². The molecular formula is C16H20ClN3O5S. The van der Waals surface area contributed by atoms with Crippen molar-refractivity contribution in [1.82, 2.24) is 10.2 Å². The van der Waals surface area contributed by atoms with Crippen LogP contribution < -0.4 is 11.1 Å². The van der Waals surface area contributed by atoms with Gasteiger partial charge in [-0.1, -0.05) is 12.1 Å². The molecule has 8 nitrogen and oxygen atoms in total. The molecule has 2 fully saturated rings. The quantitative estimate of drug-likeness (QED) is 0.538. The van der Waals surface area contributed by atoms with Crippen LogP contribution in [0.1, 0.15) is 25.5 Å². The molecule has 0 aliphatic carbocycles. The van der Waals surface area contributed by atoms with E-state index in [1.54, 1.807) is 13.8 Å². The predicted octanol–water partition coefficient (Wildman–Crippen LogP) is 0.446. The third kappa shape index (κ3) is 3.22.